The van der Waals surface area contributed by atoms with Gasteiger partial charge in [-0.2, -0.15) is 11.8 Å². The number of thioether (sulfide) groups is 1. The van der Waals surface area contributed by atoms with Crippen LogP contribution < -0.4 is 5.32 Å². The van der Waals surface area contributed by atoms with Crippen molar-refractivity contribution in [1.82, 2.24) is 5.32 Å². The lowest BCUT2D eigenvalue weighted by Gasteiger charge is -2.49. The van der Waals surface area contributed by atoms with E-state index >= 15 is 0 Å². The predicted octanol–water partition coefficient (Wildman–Crippen LogP) is 2.44. The van der Waals surface area contributed by atoms with Gasteiger partial charge in [0, 0.05) is 22.8 Å². The molecule has 0 aliphatic heterocycles. The number of rotatable bonds is 4. The van der Waals surface area contributed by atoms with Gasteiger partial charge < -0.3 is 10.4 Å². The average molecular weight is 279 g/mol. The van der Waals surface area contributed by atoms with Crippen molar-refractivity contribution in [3.05, 3.63) is 35.4 Å². The molecule has 1 aromatic rings. The Morgan fingerprint density at radius 3 is 2.84 bits per heavy atom. The van der Waals surface area contributed by atoms with E-state index in [9.17, 15) is 9.90 Å². The summed E-state index contributed by atoms with van der Waals surface area (Å²) < 4.78 is 0. The van der Waals surface area contributed by atoms with Crippen LogP contribution in [0.1, 0.15) is 36.2 Å². The molecule has 1 aliphatic carbocycles. The zero-order chi connectivity index (χ0) is 14.0. The Balaban J connectivity index is 2.02. The van der Waals surface area contributed by atoms with E-state index in [1.165, 1.54) is 0 Å². The van der Waals surface area contributed by atoms with Gasteiger partial charge in [-0.05, 0) is 30.4 Å². The number of amides is 1. The first-order chi connectivity index (χ1) is 8.95. The fourth-order valence-electron chi connectivity index (χ4n) is 2.36. The highest BCUT2D eigenvalue weighted by atomic mass is 32.2. The summed E-state index contributed by atoms with van der Waals surface area (Å²) in [5.41, 5.74) is 1.63. The summed E-state index contributed by atoms with van der Waals surface area (Å²) in [6.07, 6.45) is 2.37. The Morgan fingerprint density at radius 2 is 2.26 bits per heavy atom. The minimum absolute atomic E-state index is 0.0482. The van der Waals surface area contributed by atoms with Crippen molar-refractivity contribution in [3.63, 3.8) is 0 Å². The van der Waals surface area contributed by atoms with E-state index in [1.54, 1.807) is 11.8 Å². The number of benzene rings is 1. The molecule has 1 fully saturated rings. The SMILES string of the molecule is CSCc1cccc(C(=O)NC2CC(O)C2(C)C)c1. The van der Waals surface area contributed by atoms with Gasteiger partial charge in [-0.3, -0.25) is 4.79 Å². The maximum absolute atomic E-state index is 12.2. The number of hydrogen-bond donors (Lipinski definition) is 2. The molecule has 0 heterocycles. The maximum Gasteiger partial charge on any atom is 0.251 e. The molecule has 0 radical (unpaired) electrons. The molecule has 1 aromatic carbocycles. The average Bonchev–Trinajstić information content (AvgIpc) is 2.39. The van der Waals surface area contributed by atoms with E-state index in [2.05, 4.69) is 5.32 Å². The zero-order valence-corrected chi connectivity index (χ0v) is 12.5. The molecular weight excluding hydrogens is 258 g/mol. The Morgan fingerprint density at radius 1 is 1.53 bits per heavy atom. The molecule has 2 rings (SSSR count). The summed E-state index contributed by atoms with van der Waals surface area (Å²) in [6, 6.07) is 7.78. The van der Waals surface area contributed by atoms with E-state index in [4.69, 9.17) is 0 Å². The van der Waals surface area contributed by atoms with Gasteiger partial charge in [0.25, 0.3) is 5.91 Å². The second kappa shape index (κ2) is 5.55. The first-order valence-corrected chi connectivity index (χ1v) is 7.91. The van der Waals surface area contributed by atoms with Crippen molar-refractivity contribution < 1.29 is 9.90 Å². The van der Waals surface area contributed by atoms with E-state index in [0.29, 0.717) is 12.0 Å². The van der Waals surface area contributed by atoms with Crippen molar-refractivity contribution in [3.8, 4) is 0 Å². The second-order valence-corrected chi connectivity index (χ2v) is 6.60. The second-order valence-electron chi connectivity index (χ2n) is 5.73. The normalized spacial score (nSPS) is 24.6. The van der Waals surface area contributed by atoms with Gasteiger partial charge in [-0.15, -0.1) is 0 Å². The molecule has 0 bridgehead atoms. The van der Waals surface area contributed by atoms with Crippen molar-refractivity contribution in [2.75, 3.05) is 6.26 Å². The van der Waals surface area contributed by atoms with E-state index in [-0.39, 0.29) is 23.5 Å². The number of nitrogens with one attached hydrogen (secondary N) is 1. The van der Waals surface area contributed by atoms with Gasteiger partial charge >= 0.3 is 0 Å². The number of hydrogen-bond acceptors (Lipinski definition) is 3. The van der Waals surface area contributed by atoms with Crippen LogP contribution in [-0.2, 0) is 5.75 Å². The Labute approximate surface area is 118 Å². The lowest BCUT2D eigenvalue weighted by molar-refractivity contribution is -0.0689. The molecule has 2 atom stereocenters. The lowest BCUT2D eigenvalue weighted by atomic mass is 9.64. The van der Waals surface area contributed by atoms with Crippen molar-refractivity contribution in [1.29, 1.82) is 0 Å². The molecule has 3 nitrogen and oxygen atoms in total. The smallest absolute Gasteiger partial charge is 0.251 e. The summed E-state index contributed by atoms with van der Waals surface area (Å²) in [6.45, 7) is 3.96. The fourth-order valence-corrected chi connectivity index (χ4v) is 2.87. The third-order valence-electron chi connectivity index (χ3n) is 4.02. The van der Waals surface area contributed by atoms with Gasteiger partial charge in [0.05, 0.1) is 6.10 Å². The summed E-state index contributed by atoms with van der Waals surface area (Å²) in [5.74, 6) is 0.863. The molecule has 0 saturated heterocycles. The molecule has 104 valence electrons. The van der Waals surface area contributed by atoms with Gasteiger partial charge in [0.15, 0.2) is 0 Å². The van der Waals surface area contributed by atoms with Crippen LogP contribution in [0.5, 0.6) is 0 Å². The van der Waals surface area contributed by atoms with Crippen LogP contribution in [0.3, 0.4) is 0 Å². The molecule has 0 aromatic heterocycles. The quantitative estimate of drug-likeness (QED) is 0.890. The number of carbonyl (C=O) groups is 1. The molecule has 1 aliphatic rings. The van der Waals surface area contributed by atoms with Crippen LogP contribution in [0, 0.1) is 5.41 Å². The van der Waals surface area contributed by atoms with E-state index < -0.39 is 0 Å². The molecule has 2 unspecified atom stereocenters. The topological polar surface area (TPSA) is 49.3 Å². The van der Waals surface area contributed by atoms with Gasteiger partial charge in [0.1, 0.15) is 0 Å². The molecule has 19 heavy (non-hydrogen) atoms. The fraction of sp³-hybridized carbons (Fsp3) is 0.533. The highest BCUT2D eigenvalue weighted by Crippen LogP contribution is 2.40. The van der Waals surface area contributed by atoms with Crippen molar-refractivity contribution in [2.45, 2.75) is 38.2 Å². The first kappa shape index (κ1) is 14.4. The largest absolute Gasteiger partial charge is 0.392 e. The molecule has 4 heteroatoms. The van der Waals surface area contributed by atoms with Crippen molar-refractivity contribution >= 4 is 17.7 Å². The van der Waals surface area contributed by atoms with Crippen LogP contribution in [0.15, 0.2) is 24.3 Å². The highest BCUT2D eigenvalue weighted by molar-refractivity contribution is 7.97. The van der Waals surface area contributed by atoms with Crippen LogP contribution in [0.2, 0.25) is 0 Å². The third kappa shape index (κ3) is 2.95. The van der Waals surface area contributed by atoms with Gasteiger partial charge in [-0.25, -0.2) is 0 Å². The number of carbonyl (C=O) groups excluding carboxylic acids is 1. The molecule has 0 spiro atoms. The Bertz CT molecular complexity index is 473. The van der Waals surface area contributed by atoms with Crippen molar-refractivity contribution in [2.24, 2.45) is 5.41 Å². The number of aliphatic hydroxyl groups excluding tert-OH is 1. The summed E-state index contributed by atoms with van der Waals surface area (Å²) in [5, 5.41) is 12.7. The molecule has 1 saturated carbocycles. The Kier molecular flexibility index (Phi) is 4.21. The minimum atomic E-state index is -0.319. The number of aliphatic hydroxyl groups is 1. The third-order valence-corrected chi connectivity index (χ3v) is 4.64. The first-order valence-electron chi connectivity index (χ1n) is 6.52. The lowest BCUT2D eigenvalue weighted by Crippen LogP contribution is -2.61. The predicted molar refractivity (Wildman–Crippen MR) is 79.3 cm³/mol. The minimum Gasteiger partial charge on any atom is -0.392 e. The van der Waals surface area contributed by atoms with E-state index in [0.717, 1.165) is 11.3 Å². The summed E-state index contributed by atoms with van der Waals surface area (Å²) in [4.78, 5) is 12.2. The van der Waals surface area contributed by atoms with Crippen LogP contribution in [0.4, 0.5) is 0 Å². The summed E-state index contributed by atoms with van der Waals surface area (Å²) in [7, 11) is 0. The summed E-state index contributed by atoms with van der Waals surface area (Å²) >= 11 is 1.74. The zero-order valence-electron chi connectivity index (χ0n) is 11.6. The van der Waals surface area contributed by atoms with Crippen LogP contribution in [-0.4, -0.2) is 29.4 Å². The van der Waals surface area contributed by atoms with Crippen LogP contribution >= 0.6 is 11.8 Å². The Hall–Kier alpha value is -1.00. The molecule has 1 amide bonds. The monoisotopic (exact) mass is 279 g/mol. The van der Waals surface area contributed by atoms with Gasteiger partial charge in [-0.1, -0.05) is 26.0 Å². The van der Waals surface area contributed by atoms with E-state index in [1.807, 2.05) is 44.4 Å². The molecular formula is C15H21NO2S. The van der Waals surface area contributed by atoms with Gasteiger partial charge in [0.2, 0.25) is 0 Å². The molecule has 2 N–H and O–H groups in total. The standard InChI is InChI=1S/C15H21NO2S/c1-15(2)12(8-13(15)17)16-14(18)11-6-4-5-10(7-11)9-19-3/h4-7,12-13,17H,8-9H2,1-3H3,(H,16,18). The van der Waals surface area contributed by atoms with Crippen LogP contribution in [0.25, 0.3) is 0 Å². The maximum atomic E-state index is 12.2. The highest BCUT2D eigenvalue weighted by Gasteiger charge is 2.47.